The Morgan fingerprint density at radius 2 is 2.19 bits per heavy atom. The molecule has 112 valence electrons. The zero-order chi connectivity index (χ0) is 14.8. The molecule has 0 spiro atoms. The molecule has 2 heterocycles. The van der Waals surface area contributed by atoms with Gasteiger partial charge in [0.1, 0.15) is 0 Å². The third-order valence-corrected chi connectivity index (χ3v) is 4.06. The van der Waals surface area contributed by atoms with Crippen LogP contribution in [0.4, 0.5) is 0 Å². The summed E-state index contributed by atoms with van der Waals surface area (Å²) >= 11 is 0. The van der Waals surface area contributed by atoms with Crippen LogP contribution in [-0.2, 0) is 0 Å². The van der Waals surface area contributed by atoms with E-state index in [1.165, 1.54) is 18.6 Å². The molecule has 6 nitrogen and oxygen atoms in total. The van der Waals surface area contributed by atoms with Gasteiger partial charge in [-0.3, -0.25) is 0 Å². The standard InChI is InChI=1S/C15H19N3O3/c1-2-9-5-6-16-11(7-9)15-17-14(18-21-15)10-3-4-12(19)13(20)8-10/h3-4,8-9,11,16,19-20H,2,5-7H2,1H3. The highest BCUT2D eigenvalue weighted by atomic mass is 16.5. The van der Waals surface area contributed by atoms with Crippen LogP contribution in [-0.4, -0.2) is 26.9 Å². The number of hydrogen-bond donors (Lipinski definition) is 3. The van der Waals surface area contributed by atoms with Crippen molar-refractivity contribution in [1.82, 2.24) is 15.5 Å². The number of nitrogens with zero attached hydrogens (tertiary/aromatic N) is 2. The lowest BCUT2D eigenvalue weighted by molar-refractivity contribution is 0.246. The van der Waals surface area contributed by atoms with Gasteiger partial charge in [0.05, 0.1) is 6.04 Å². The lowest BCUT2D eigenvalue weighted by Gasteiger charge is -2.27. The number of phenols is 2. The zero-order valence-corrected chi connectivity index (χ0v) is 11.9. The van der Waals surface area contributed by atoms with E-state index in [9.17, 15) is 10.2 Å². The van der Waals surface area contributed by atoms with Crippen molar-refractivity contribution in [3.8, 4) is 22.9 Å². The Balaban J connectivity index is 1.81. The Morgan fingerprint density at radius 3 is 2.95 bits per heavy atom. The van der Waals surface area contributed by atoms with Crippen molar-refractivity contribution in [1.29, 1.82) is 0 Å². The number of piperidine rings is 1. The van der Waals surface area contributed by atoms with Gasteiger partial charge in [0.15, 0.2) is 11.5 Å². The van der Waals surface area contributed by atoms with Crippen LogP contribution in [0.5, 0.6) is 11.5 Å². The van der Waals surface area contributed by atoms with Crippen LogP contribution >= 0.6 is 0 Å². The first-order chi connectivity index (χ1) is 10.2. The normalized spacial score (nSPS) is 22.3. The van der Waals surface area contributed by atoms with Gasteiger partial charge in [-0.2, -0.15) is 4.98 Å². The minimum absolute atomic E-state index is 0.0932. The van der Waals surface area contributed by atoms with Gasteiger partial charge in [-0.1, -0.05) is 18.5 Å². The third-order valence-electron chi connectivity index (χ3n) is 4.06. The van der Waals surface area contributed by atoms with Crippen LogP contribution in [0, 0.1) is 5.92 Å². The van der Waals surface area contributed by atoms with E-state index < -0.39 is 0 Å². The Bertz CT molecular complexity index is 626. The fourth-order valence-electron chi connectivity index (χ4n) is 2.71. The molecule has 21 heavy (non-hydrogen) atoms. The first-order valence-corrected chi connectivity index (χ1v) is 7.26. The van der Waals surface area contributed by atoms with Crippen molar-refractivity contribution in [2.24, 2.45) is 5.92 Å². The summed E-state index contributed by atoms with van der Waals surface area (Å²) in [7, 11) is 0. The molecule has 3 rings (SSSR count). The first kappa shape index (κ1) is 13.9. The lowest BCUT2D eigenvalue weighted by Crippen LogP contribution is -2.31. The van der Waals surface area contributed by atoms with Gasteiger partial charge in [-0.25, -0.2) is 0 Å². The average Bonchev–Trinajstić information content (AvgIpc) is 3.00. The Hall–Kier alpha value is -2.08. The summed E-state index contributed by atoms with van der Waals surface area (Å²) < 4.78 is 5.35. The number of aromatic nitrogens is 2. The van der Waals surface area contributed by atoms with Crippen molar-refractivity contribution in [2.75, 3.05) is 6.54 Å². The van der Waals surface area contributed by atoms with Gasteiger partial charge in [-0.15, -0.1) is 0 Å². The molecule has 3 N–H and O–H groups in total. The number of aromatic hydroxyl groups is 2. The third kappa shape index (κ3) is 2.85. The van der Waals surface area contributed by atoms with E-state index in [0.29, 0.717) is 23.2 Å². The predicted octanol–water partition coefficient (Wildman–Crippen LogP) is 2.60. The van der Waals surface area contributed by atoms with Crippen molar-refractivity contribution < 1.29 is 14.7 Å². The highest BCUT2D eigenvalue weighted by Gasteiger charge is 2.26. The number of hydrogen-bond acceptors (Lipinski definition) is 6. The molecule has 0 amide bonds. The predicted molar refractivity (Wildman–Crippen MR) is 76.8 cm³/mol. The fourth-order valence-corrected chi connectivity index (χ4v) is 2.71. The summed E-state index contributed by atoms with van der Waals surface area (Å²) in [6.07, 6.45) is 3.34. The quantitative estimate of drug-likeness (QED) is 0.752. The highest BCUT2D eigenvalue weighted by molar-refractivity contribution is 5.59. The van der Waals surface area contributed by atoms with Crippen LogP contribution in [0.1, 0.15) is 38.1 Å². The molecule has 0 radical (unpaired) electrons. The SMILES string of the molecule is CCC1CCNC(c2nc(-c3ccc(O)c(O)c3)no2)C1. The van der Waals surface area contributed by atoms with E-state index >= 15 is 0 Å². The summed E-state index contributed by atoms with van der Waals surface area (Å²) in [4.78, 5) is 4.41. The van der Waals surface area contributed by atoms with E-state index in [1.54, 1.807) is 6.07 Å². The topological polar surface area (TPSA) is 91.4 Å². The largest absolute Gasteiger partial charge is 0.504 e. The van der Waals surface area contributed by atoms with Gasteiger partial charge in [-0.05, 0) is 43.5 Å². The van der Waals surface area contributed by atoms with E-state index in [1.807, 2.05) is 0 Å². The van der Waals surface area contributed by atoms with Crippen molar-refractivity contribution >= 4 is 0 Å². The molecule has 0 bridgehead atoms. The van der Waals surface area contributed by atoms with Crippen molar-refractivity contribution in [3.63, 3.8) is 0 Å². The second-order valence-electron chi connectivity index (χ2n) is 5.47. The Kier molecular flexibility index (Phi) is 3.79. The molecule has 1 aliphatic heterocycles. The molecule has 2 unspecified atom stereocenters. The molecule has 0 aliphatic carbocycles. The molecule has 1 aliphatic rings. The van der Waals surface area contributed by atoms with Gasteiger partial charge >= 0.3 is 0 Å². The van der Waals surface area contributed by atoms with Crippen LogP contribution in [0.3, 0.4) is 0 Å². The number of rotatable bonds is 3. The molecule has 2 atom stereocenters. The zero-order valence-electron chi connectivity index (χ0n) is 11.9. The van der Waals surface area contributed by atoms with Crippen LogP contribution in [0.15, 0.2) is 22.7 Å². The molecule has 2 aromatic rings. The van der Waals surface area contributed by atoms with Crippen LogP contribution in [0.25, 0.3) is 11.4 Å². The summed E-state index contributed by atoms with van der Waals surface area (Å²) in [5, 5.41) is 26.2. The van der Waals surface area contributed by atoms with Crippen molar-refractivity contribution in [2.45, 2.75) is 32.2 Å². The summed E-state index contributed by atoms with van der Waals surface area (Å²) in [5.74, 6) is 1.32. The molecule has 1 saturated heterocycles. The summed E-state index contributed by atoms with van der Waals surface area (Å²) in [6, 6.07) is 4.57. The summed E-state index contributed by atoms with van der Waals surface area (Å²) in [6.45, 7) is 3.16. The highest BCUT2D eigenvalue weighted by Crippen LogP contribution is 2.31. The molecule has 1 aromatic heterocycles. The van der Waals surface area contributed by atoms with Gasteiger partial charge < -0.3 is 20.1 Å². The average molecular weight is 289 g/mol. The summed E-state index contributed by atoms with van der Waals surface area (Å²) in [5.41, 5.74) is 0.614. The minimum atomic E-state index is -0.194. The molecular formula is C15H19N3O3. The van der Waals surface area contributed by atoms with Crippen LogP contribution in [0.2, 0.25) is 0 Å². The second kappa shape index (κ2) is 5.73. The maximum absolute atomic E-state index is 9.54. The molecule has 6 heteroatoms. The Labute approximate surface area is 122 Å². The Morgan fingerprint density at radius 1 is 1.33 bits per heavy atom. The second-order valence-corrected chi connectivity index (χ2v) is 5.47. The van der Waals surface area contributed by atoms with E-state index in [-0.39, 0.29) is 17.5 Å². The van der Waals surface area contributed by atoms with E-state index in [0.717, 1.165) is 19.4 Å². The van der Waals surface area contributed by atoms with E-state index in [2.05, 4.69) is 22.4 Å². The van der Waals surface area contributed by atoms with Gasteiger partial charge in [0, 0.05) is 5.56 Å². The molecule has 0 saturated carbocycles. The number of phenolic OH excluding ortho intramolecular Hbond substituents is 2. The first-order valence-electron chi connectivity index (χ1n) is 7.26. The van der Waals surface area contributed by atoms with Crippen LogP contribution < -0.4 is 5.32 Å². The maximum Gasteiger partial charge on any atom is 0.244 e. The van der Waals surface area contributed by atoms with Gasteiger partial charge in [0.25, 0.3) is 0 Å². The molecule has 1 aromatic carbocycles. The van der Waals surface area contributed by atoms with Crippen molar-refractivity contribution in [3.05, 3.63) is 24.1 Å². The lowest BCUT2D eigenvalue weighted by atomic mass is 9.90. The number of benzene rings is 1. The fraction of sp³-hybridized carbons (Fsp3) is 0.467. The molecule has 1 fully saturated rings. The van der Waals surface area contributed by atoms with Gasteiger partial charge in [0.2, 0.25) is 11.7 Å². The minimum Gasteiger partial charge on any atom is -0.504 e. The monoisotopic (exact) mass is 289 g/mol. The smallest absolute Gasteiger partial charge is 0.244 e. The van der Waals surface area contributed by atoms with E-state index in [4.69, 9.17) is 4.52 Å². The molecular weight excluding hydrogens is 270 g/mol. The number of nitrogens with one attached hydrogen (secondary N) is 1. The maximum atomic E-state index is 9.54.